The van der Waals surface area contributed by atoms with Gasteiger partial charge in [0.2, 0.25) is 0 Å². The lowest BCUT2D eigenvalue weighted by Crippen LogP contribution is -2.21. The minimum atomic E-state index is -0.286. The van der Waals surface area contributed by atoms with Crippen LogP contribution in [0.4, 0.5) is 10.1 Å². The van der Waals surface area contributed by atoms with Crippen molar-refractivity contribution in [2.24, 2.45) is 5.41 Å². The number of H-pyrrole nitrogens is 2. The number of hydrogen-bond donors (Lipinski definition) is 3. The predicted molar refractivity (Wildman–Crippen MR) is 163 cm³/mol. The molecule has 202 valence electrons. The van der Waals surface area contributed by atoms with Crippen LogP contribution in [-0.2, 0) is 0 Å². The van der Waals surface area contributed by atoms with E-state index in [1.165, 1.54) is 12.1 Å². The van der Waals surface area contributed by atoms with E-state index in [0.717, 1.165) is 61.7 Å². The minimum Gasteiger partial charge on any atom is -0.358 e. The highest BCUT2D eigenvalue weighted by Gasteiger charge is 2.14. The summed E-state index contributed by atoms with van der Waals surface area (Å²) in [5.74, 6) is 0.310. The number of aromatic nitrogens is 5. The van der Waals surface area contributed by atoms with Crippen molar-refractivity contribution in [2.75, 3.05) is 5.32 Å². The number of aromatic amines is 2. The van der Waals surface area contributed by atoms with Crippen LogP contribution < -0.4 is 15.9 Å². The molecule has 0 spiro atoms. The lowest BCUT2D eigenvalue weighted by Gasteiger charge is -2.20. The zero-order valence-corrected chi connectivity index (χ0v) is 23.3. The number of allylic oxidation sites excluding steroid dienone is 3. The maximum Gasteiger partial charge on any atom is 0.159 e. The first-order valence-electron chi connectivity index (χ1n) is 13.1. The van der Waals surface area contributed by atoms with Crippen LogP contribution in [-0.4, -0.2) is 25.1 Å². The quantitative estimate of drug-likeness (QED) is 0.215. The van der Waals surface area contributed by atoms with Crippen LogP contribution in [0.2, 0.25) is 0 Å². The first-order chi connectivity index (χ1) is 19.1. The largest absolute Gasteiger partial charge is 0.358 e. The molecule has 6 nitrogen and oxygen atoms in total. The summed E-state index contributed by atoms with van der Waals surface area (Å²) in [6, 6.07) is 14.4. The summed E-state index contributed by atoms with van der Waals surface area (Å²) in [5.41, 5.74) is 7.88. The highest BCUT2D eigenvalue weighted by molar-refractivity contribution is 5.93. The molecule has 40 heavy (non-hydrogen) atoms. The zero-order chi connectivity index (χ0) is 28.4. The van der Waals surface area contributed by atoms with Crippen LogP contribution >= 0.6 is 0 Å². The maximum absolute atomic E-state index is 13.9. The summed E-state index contributed by atoms with van der Waals surface area (Å²) in [6.07, 6.45) is 8.47. The second-order valence-corrected chi connectivity index (χ2v) is 11.2. The fourth-order valence-corrected chi connectivity index (χ4v) is 4.66. The molecular formula is C33H33FN6. The molecule has 0 bridgehead atoms. The normalized spacial score (nSPS) is 12.7. The number of fused-ring (bicyclic) bond motifs is 1. The number of anilines is 1. The highest BCUT2D eigenvalue weighted by atomic mass is 19.1. The molecule has 3 heterocycles. The standard InChI is InChI=1S/C33H33FN6/c1-20(24-16-26(19-35-18-24)36-21(2)17-33(4,5)6)13-14-28-22(3)30(40-39-28)32-37-29-12-8-11-27(31(29)38-32)23-9-7-10-25(34)15-23/h7-16,18-19,36,39H,2-3,17H2,1,4-6H3,(H,37,38)/b20-13+,28-14+. The SMILES string of the molecule is C=C(CC(C)(C)C)Nc1cncc(/C(C)=C/C=c2/[nH]nc(-c3nc4c(-c5cccc(F)c5)cccc4[nH]3)c2=C)c1. The third kappa shape index (κ3) is 5.94. The summed E-state index contributed by atoms with van der Waals surface area (Å²) in [7, 11) is 0. The van der Waals surface area contributed by atoms with Gasteiger partial charge in [-0.05, 0) is 65.8 Å². The Labute approximate surface area is 233 Å². The van der Waals surface area contributed by atoms with Crippen LogP contribution in [0.3, 0.4) is 0 Å². The van der Waals surface area contributed by atoms with Gasteiger partial charge in [0.15, 0.2) is 5.82 Å². The van der Waals surface area contributed by atoms with Crippen molar-refractivity contribution in [3.8, 4) is 22.6 Å². The Morgan fingerprint density at radius 2 is 1.90 bits per heavy atom. The molecule has 3 aromatic heterocycles. The molecule has 0 aliphatic heterocycles. The van der Waals surface area contributed by atoms with E-state index in [4.69, 9.17) is 4.98 Å². The van der Waals surface area contributed by atoms with E-state index in [1.807, 2.05) is 49.5 Å². The minimum absolute atomic E-state index is 0.153. The van der Waals surface area contributed by atoms with Gasteiger partial charge in [-0.3, -0.25) is 10.1 Å². The van der Waals surface area contributed by atoms with Crippen molar-refractivity contribution < 1.29 is 4.39 Å². The average molecular weight is 533 g/mol. The van der Waals surface area contributed by atoms with Crippen LogP contribution in [0.5, 0.6) is 0 Å². The molecule has 5 aromatic rings. The second kappa shape index (κ2) is 10.8. The Morgan fingerprint density at radius 3 is 2.67 bits per heavy atom. The van der Waals surface area contributed by atoms with Gasteiger partial charge in [0.1, 0.15) is 11.5 Å². The summed E-state index contributed by atoms with van der Waals surface area (Å²) >= 11 is 0. The molecule has 0 saturated heterocycles. The van der Waals surface area contributed by atoms with Gasteiger partial charge in [0, 0.05) is 22.7 Å². The zero-order valence-electron chi connectivity index (χ0n) is 23.3. The van der Waals surface area contributed by atoms with Gasteiger partial charge in [-0.25, -0.2) is 9.37 Å². The van der Waals surface area contributed by atoms with Gasteiger partial charge in [-0.1, -0.05) is 64.3 Å². The molecule has 2 aromatic carbocycles. The number of imidazole rings is 1. The summed E-state index contributed by atoms with van der Waals surface area (Å²) < 4.78 is 13.9. The monoisotopic (exact) mass is 532 g/mol. The Bertz CT molecular complexity index is 1850. The molecule has 0 unspecified atom stereocenters. The van der Waals surface area contributed by atoms with Crippen molar-refractivity contribution in [1.29, 1.82) is 0 Å². The van der Waals surface area contributed by atoms with Crippen molar-refractivity contribution in [2.45, 2.75) is 34.1 Å². The van der Waals surface area contributed by atoms with E-state index < -0.39 is 0 Å². The summed E-state index contributed by atoms with van der Waals surface area (Å²) in [5, 5.41) is 12.4. The maximum atomic E-state index is 13.9. The van der Waals surface area contributed by atoms with Crippen molar-refractivity contribution in [3.05, 3.63) is 101 Å². The highest BCUT2D eigenvalue weighted by Crippen LogP contribution is 2.29. The van der Waals surface area contributed by atoms with E-state index in [1.54, 1.807) is 12.3 Å². The molecule has 0 fully saturated rings. The predicted octanol–water partition coefficient (Wildman–Crippen LogP) is 6.81. The molecule has 0 saturated carbocycles. The summed E-state index contributed by atoms with van der Waals surface area (Å²) in [6.45, 7) is 17.0. The number of benzene rings is 2. The molecule has 3 N–H and O–H groups in total. The molecule has 7 heteroatoms. The average Bonchev–Trinajstić information content (AvgIpc) is 3.49. The lowest BCUT2D eigenvalue weighted by molar-refractivity contribution is 0.411. The van der Waals surface area contributed by atoms with E-state index >= 15 is 0 Å². The van der Waals surface area contributed by atoms with Crippen LogP contribution in [0.15, 0.2) is 79.3 Å². The van der Waals surface area contributed by atoms with Gasteiger partial charge >= 0.3 is 0 Å². The molecule has 5 rings (SSSR count). The smallest absolute Gasteiger partial charge is 0.159 e. The molecular weight excluding hydrogens is 499 g/mol. The van der Waals surface area contributed by atoms with Crippen molar-refractivity contribution >= 4 is 34.9 Å². The van der Waals surface area contributed by atoms with Gasteiger partial charge in [0.05, 0.1) is 28.3 Å². The first-order valence-corrected chi connectivity index (χ1v) is 13.1. The second-order valence-electron chi connectivity index (χ2n) is 11.2. The van der Waals surface area contributed by atoms with Gasteiger partial charge in [-0.2, -0.15) is 5.10 Å². The fourth-order valence-electron chi connectivity index (χ4n) is 4.66. The molecule has 0 aliphatic carbocycles. The topological polar surface area (TPSA) is 82.3 Å². The van der Waals surface area contributed by atoms with E-state index in [9.17, 15) is 4.39 Å². The van der Waals surface area contributed by atoms with Crippen molar-refractivity contribution in [3.63, 3.8) is 0 Å². The fraction of sp³-hybridized carbons (Fsp3) is 0.182. The Morgan fingerprint density at radius 1 is 1.10 bits per heavy atom. The Kier molecular flexibility index (Phi) is 7.22. The van der Waals surface area contributed by atoms with Crippen LogP contribution in [0.1, 0.15) is 39.7 Å². The number of nitrogens with zero attached hydrogens (tertiary/aromatic N) is 3. The lowest BCUT2D eigenvalue weighted by atomic mass is 9.91. The Balaban J connectivity index is 1.41. The van der Waals surface area contributed by atoms with Gasteiger partial charge < -0.3 is 10.3 Å². The third-order valence-electron chi connectivity index (χ3n) is 6.53. The number of para-hydroxylation sites is 1. The Hall–Kier alpha value is -4.78. The van der Waals surface area contributed by atoms with Gasteiger partial charge in [-0.15, -0.1) is 0 Å². The summed E-state index contributed by atoms with van der Waals surface area (Å²) in [4.78, 5) is 12.5. The number of nitrogens with one attached hydrogen (secondary N) is 3. The molecule has 0 radical (unpaired) electrons. The van der Waals surface area contributed by atoms with Gasteiger partial charge in [0.25, 0.3) is 0 Å². The molecule has 0 atom stereocenters. The third-order valence-corrected chi connectivity index (χ3v) is 6.53. The van der Waals surface area contributed by atoms with E-state index in [0.29, 0.717) is 11.5 Å². The van der Waals surface area contributed by atoms with Crippen LogP contribution in [0.25, 0.3) is 51.9 Å². The number of halogens is 1. The van der Waals surface area contributed by atoms with Crippen molar-refractivity contribution in [1.82, 2.24) is 25.1 Å². The van der Waals surface area contributed by atoms with E-state index in [2.05, 4.69) is 65.5 Å². The first kappa shape index (κ1) is 26.8. The molecule has 0 aliphatic rings. The number of hydrogen-bond acceptors (Lipinski definition) is 4. The van der Waals surface area contributed by atoms with E-state index in [-0.39, 0.29) is 11.2 Å². The van der Waals surface area contributed by atoms with Crippen LogP contribution in [0, 0.1) is 11.2 Å². The molecule has 0 amide bonds. The number of pyridine rings is 1. The number of rotatable bonds is 7.